The molecule has 0 bridgehead atoms. The van der Waals surface area contributed by atoms with E-state index >= 15 is 0 Å². The predicted octanol–water partition coefficient (Wildman–Crippen LogP) is 13.3. The van der Waals surface area contributed by atoms with Gasteiger partial charge in [0.05, 0.1) is 28.9 Å². The number of aromatic nitrogens is 1. The lowest BCUT2D eigenvalue weighted by Crippen LogP contribution is -2.00. The maximum Gasteiger partial charge on any atom is 0.187 e. The molecule has 10 aromatic rings. The highest BCUT2D eigenvalue weighted by Crippen LogP contribution is 2.45. The molecular formula is C44H23N3S2. The average Bonchev–Trinajstić information content (AvgIpc) is 3.81. The Bertz CT molecular complexity index is 3020. The molecule has 7 aromatic carbocycles. The Morgan fingerprint density at radius 1 is 0.510 bits per heavy atom. The number of nitriles is 1. The van der Waals surface area contributed by atoms with E-state index < -0.39 is 0 Å². The van der Waals surface area contributed by atoms with Crippen LogP contribution in [0.1, 0.15) is 5.56 Å². The van der Waals surface area contributed by atoms with Crippen molar-refractivity contribution >= 4 is 90.5 Å². The highest BCUT2D eigenvalue weighted by Gasteiger charge is 2.20. The van der Waals surface area contributed by atoms with Gasteiger partial charge in [-0.05, 0) is 71.3 Å². The summed E-state index contributed by atoms with van der Waals surface area (Å²) in [4.78, 5) is 3.55. The van der Waals surface area contributed by atoms with Gasteiger partial charge in [-0.2, -0.15) is 5.26 Å². The summed E-state index contributed by atoms with van der Waals surface area (Å²) in [6.07, 6.45) is 0. The lowest BCUT2D eigenvalue weighted by molar-refractivity contribution is 1.17. The van der Waals surface area contributed by atoms with Crippen molar-refractivity contribution in [3.05, 3.63) is 157 Å². The van der Waals surface area contributed by atoms with Crippen LogP contribution in [0.4, 0.5) is 5.69 Å². The molecule has 0 amide bonds. The van der Waals surface area contributed by atoms with E-state index in [1.54, 1.807) is 0 Å². The molecule has 3 heterocycles. The van der Waals surface area contributed by atoms with Gasteiger partial charge in [0, 0.05) is 56.7 Å². The molecule has 0 aliphatic rings. The number of hydrogen-bond acceptors (Lipinski definition) is 3. The maximum atomic E-state index is 10.4. The highest BCUT2D eigenvalue weighted by molar-refractivity contribution is 7.28. The van der Waals surface area contributed by atoms with Gasteiger partial charge in [0.2, 0.25) is 0 Å². The zero-order chi connectivity index (χ0) is 32.6. The normalized spacial score (nSPS) is 11.6. The van der Waals surface area contributed by atoms with Gasteiger partial charge in [0.1, 0.15) is 6.07 Å². The summed E-state index contributed by atoms with van der Waals surface area (Å²) in [5.74, 6) is 0. The van der Waals surface area contributed by atoms with E-state index in [9.17, 15) is 5.26 Å². The molecule has 0 aliphatic heterocycles. The molecule has 5 heteroatoms. The van der Waals surface area contributed by atoms with Gasteiger partial charge >= 0.3 is 0 Å². The van der Waals surface area contributed by atoms with E-state index in [2.05, 4.69) is 119 Å². The second-order valence-corrected chi connectivity index (χ2v) is 14.5. The first-order chi connectivity index (χ1) is 24.2. The highest BCUT2D eigenvalue weighted by atomic mass is 32.1. The smallest absolute Gasteiger partial charge is 0.187 e. The molecule has 0 saturated heterocycles. The number of fused-ring (bicyclic) bond motifs is 9. The third-order valence-electron chi connectivity index (χ3n) is 9.66. The third-order valence-corrected chi connectivity index (χ3v) is 11.9. The van der Waals surface area contributed by atoms with Crippen molar-refractivity contribution in [2.75, 3.05) is 0 Å². The number of nitrogens with zero attached hydrogens (tertiary/aromatic N) is 3. The van der Waals surface area contributed by atoms with E-state index in [4.69, 9.17) is 6.57 Å². The second-order valence-electron chi connectivity index (χ2n) is 12.3. The largest absolute Gasteiger partial charge is 0.307 e. The van der Waals surface area contributed by atoms with Crippen LogP contribution in [0, 0.1) is 17.9 Å². The van der Waals surface area contributed by atoms with Crippen LogP contribution in [0.15, 0.2) is 140 Å². The Morgan fingerprint density at radius 3 is 1.71 bits per heavy atom. The van der Waals surface area contributed by atoms with E-state index in [-0.39, 0.29) is 0 Å². The van der Waals surface area contributed by atoms with Gasteiger partial charge in [0.25, 0.3) is 0 Å². The molecule has 0 atom stereocenters. The summed E-state index contributed by atoms with van der Waals surface area (Å²) in [7, 11) is 0. The maximum absolute atomic E-state index is 10.4. The zero-order valence-corrected chi connectivity index (χ0v) is 27.6. The van der Waals surface area contributed by atoms with Crippen molar-refractivity contribution in [1.82, 2.24) is 4.57 Å². The third kappa shape index (κ3) is 4.17. The molecule has 10 rings (SSSR count). The van der Waals surface area contributed by atoms with Crippen LogP contribution in [-0.2, 0) is 0 Å². The Morgan fingerprint density at radius 2 is 1.08 bits per heavy atom. The Balaban J connectivity index is 1.19. The van der Waals surface area contributed by atoms with E-state index in [1.165, 1.54) is 51.1 Å². The average molecular weight is 658 g/mol. The second kappa shape index (κ2) is 10.6. The minimum absolute atomic E-state index is 0.644. The van der Waals surface area contributed by atoms with Crippen LogP contribution < -0.4 is 0 Å². The molecule has 0 unspecified atom stereocenters. The summed E-state index contributed by atoms with van der Waals surface area (Å²) in [5, 5.41) is 17.7. The summed E-state index contributed by atoms with van der Waals surface area (Å²) in [6.45, 7) is 7.30. The van der Waals surface area contributed by atoms with Crippen LogP contribution in [0.2, 0.25) is 0 Å². The Kier molecular flexibility index (Phi) is 6.04. The summed E-state index contributed by atoms with van der Waals surface area (Å²) in [6, 6.07) is 51.5. The van der Waals surface area contributed by atoms with E-state index in [0.717, 1.165) is 39.0 Å². The first-order valence-corrected chi connectivity index (χ1v) is 17.6. The number of thiophene rings is 2. The standard InChI is InChI=1S/C44H23N3S2/c1-46-30-17-13-26(14-18-30)27-15-19-40-34(21-27)36-23-37-35-22-28(16-20-41(35)49-43(37)24-42(36)48-40)31-10-6-7-29(25-45)44(31)47-38-11-4-2-8-32(38)33-9-3-5-12-39(33)47/h2-24H. The van der Waals surface area contributed by atoms with Gasteiger partial charge in [-0.25, -0.2) is 4.85 Å². The monoisotopic (exact) mass is 657 g/mol. The fourth-order valence-electron chi connectivity index (χ4n) is 7.39. The summed E-state index contributed by atoms with van der Waals surface area (Å²) >= 11 is 3.67. The Hall–Kier alpha value is -6.24. The molecule has 0 spiro atoms. The van der Waals surface area contributed by atoms with Crippen molar-refractivity contribution in [2.45, 2.75) is 0 Å². The molecule has 226 valence electrons. The molecule has 0 saturated carbocycles. The van der Waals surface area contributed by atoms with Crippen LogP contribution in [0.3, 0.4) is 0 Å². The molecule has 49 heavy (non-hydrogen) atoms. The fraction of sp³-hybridized carbons (Fsp3) is 0. The number of benzene rings is 7. The predicted molar refractivity (Wildman–Crippen MR) is 208 cm³/mol. The minimum Gasteiger partial charge on any atom is -0.307 e. The van der Waals surface area contributed by atoms with Crippen LogP contribution >= 0.6 is 22.7 Å². The number of para-hydroxylation sites is 3. The van der Waals surface area contributed by atoms with Gasteiger partial charge < -0.3 is 4.57 Å². The number of rotatable bonds is 3. The number of hydrogen-bond donors (Lipinski definition) is 0. The van der Waals surface area contributed by atoms with Crippen molar-refractivity contribution in [3.8, 4) is 34.0 Å². The first-order valence-electron chi connectivity index (χ1n) is 16.0. The van der Waals surface area contributed by atoms with E-state index in [0.29, 0.717) is 11.3 Å². The van der Waals surface area contributed by atoms with Crippen molar-refractivity contribution in [1.29, 1.82) is 5.26 Å². The molecule has 0 fully saturated rings. The molecule has 0 N–H and O–H groups in total. The first kappa shape index (κ1) is 27.8. The van der Waals surface area contributed by atoms with Gasteiger partial charge in [-0.1, -0.05) is 84.9 Å². The van der Waals surface area contributed by atoms with Crippen LogP contribution in [0.5, 0.6) is 0 Å². The lowest BCUT2D eigenvalue weighted by atomic mass is 9.97. The lowest BCUT2D eigenvalue weighted by Gasteiger charge is -2.16. The SMILES string of the molecule is [C-]#[N+]c1ccc(-c2ccc3sc4cc5sc6ccc(-c7cccc(C#N)c7-n7c8ccccc8c8ccccc87)cc6c5cc4c3c2)cc1. The summed E-state index contributed by atoms with van der Waals surface area (Å²) in [5.41, 5.74) is 8.75. The van der Waals surface area contributed by atoms with Crippen molar-refractivity contribution < 1.29 is 0 Å². The topological polar surface area (TPSA) is 33.1 Å². The van der Waals surface area contributed by atoms with Gasteiger partial charge in [-0.15, -0.1) is 22.7 Å². The molecule has 0 aliphatic carbocycles. The van der Waals surface area contributed by atoms with Crippen molar-refractivity contribution in [3.63, 3.8) is 0 Å². The zero-order valence-electron chi connectivity index (χ0n) is 25.9. The minimum atomic E-state index is 0.644. The molecule has 3 nitrogen and oxygen atoms in total. The van der Waals surface area contributed by atoms with Gasteiger partial charge in [-0.3, -0.25) is 0 Å². The molecule has 0 radical (unpaired) electrons. The van der Waals surface area contributed by atoms with Crippen LogP contribution in [-0.4, -0.2) is 4.57 Å². The Labute approximate surface area is 289 Å². The van der Waals surface area contributed by atoms with Crippen LogP contribution in [0.25, 0.3) is 94.9 Å². The van der Waals surface area contributed by atoms with E-state index in [1.807, 2.05) is 59.1 Å². The van der Waals surface area contributed by atoms with Gasteiger partial charge in [0.15, 0.2) is 5.69 Å². The molecular weight excluding hydrogens is 635 g/mol. The van der Waals surface area contributed by atoms with Crippen molar-refractivity contribution in [2.24, 2.45) is 0 Å². The quantitative estimate of drug-likeness (QED) is 0.174. The summed E-state index contributed by atoms with van der Waals surface area (Å²) < 4.78 is 7.33. The molecule has 3 aromatic heterocycles. The fourth-order valence-corrected chi connectivity index (χ4v) is 9.68.